The molecule has 0 aliphatic heterocycles. The van der Waals surface area contributed by atoms with Gasteiger partial charge < -0.3 is 5.32 Å². The fraction of sp³-hybridized carbons (Fsp3) is 0.571. The Morgan fingerprint density at radius 1 is 1.31 bits per heavy atom. The molecule has 90 valence electrons. The van der Waals surface area contributed by atoms with Crippen molar-refractivity contribution in [3.8, 4) is 0 Å². The van der Waals surface area contributed by atoms with E-state index in [1.807, 2.05) is 7.05 Å². The Balaban J connectivity index is 3.00. The van der Waals surface area contributed by atoms with E-state index >= 15 is 0 Å². The number of aryl methyl sites for hydroxylation is 2. The normalized spacial score (nSPS) is 13.1. The van der Waals surface area contributed by atoms with Crippen molar-refractivity contribution in [2.75, 3.05) is 27.2 Å². The second kappa shape index (κ2) is 6.02. The molecular weight excluding hydrogens is 196 g/mol. The summed E-state index contributed by atoms with van der Waals surface area (Å²) in [6.45, 7) is 8.61. The van der Waals surface area contributed by atoms with Crippen molar-refractivity contribution < 1.29 is 0 Å². The SMILES string of the molecule is CCN(C)C(CNC)c1ccc(C)cc1C. The van der Waals surface area contributed by atoms with Crippen molar-refractivity contribution in [1.82, 2.24) is 10.2 Å². The molecule has 2 nitrogen and oxygen atoms in total. The largest absolute Gasteiger partial charge is 0.318 e. The summed E-state index contributed by atoms with van der Waals surface area (Å²) in [5.74, 6) is 0. The van der Waals surface area contributed by atoms with Gasteiger partial charge in [0.1, 0.15) is 0 Å². The highest BCUT2D eigenvalue weighted by Crippen LogP contribution is 2.22. The molecule has 1 aromatic carbocycles. The molecule has 0 aromatic heterocycles. The molecule has 1 atom stereocenters. The number of nitrogens with zero attached hydrogens (tertiary/aromatic N) is 1. The van der Waals surface area contributed by atoms with Crippen LogP contribution in [0.4, 0.5) is 0 Å². The van der Waals surface area contributed by atoms with Crippen LogP contribution in [0.1, 0.15) is 29.7 Å². The lowest BCUT2D eigenvalue weighted by atomic mass is 9.98. The molecule has 0 amide bonds. The second-order valence-corrected chi connectivity index (χ2v) is 4.51. The predicted octanol–water partition coefficient (Wildman–Crippen LogP) is 2.52. The second-order valence-electron chi connectivity index (χ2n) is 4.51. The molecule has 1 N–H and O–H groups in total. The highest BCUT2D eigenvalue weighted by Gasteiger charge is 2.16. The first-order chi connectivity index (χ1) is 7.60. The van der Waals surface area contributed by atoms with Crippen LogP contribution in [0.25, 0.3) is 0 Å². The van der Waals surface area contributed by atoms with Crippen LogP contribution in [-0.2, 0) is 0 Å². The van der Waals surface area contributed by atoms with Gasteiger partial charge in [-0.15, -0.1) is 0 Å². The molecule has 1 unspecified atom stereocenters. The molecule has 0 spiro atoms. The Morgan fingerprint density at radius 2 is 2.00 bits per heavy atom. The van der Waals surface area contributed by atoms with Crippen LogP contribution in [0.2, 0.25) is 0 Å². The van der Waals surface area contributed by atoms with Gasteiger partial charge in [0.05, 0.1) is 0 Å². The van der Waals surface area contributed by atoms with Gasteiger partial charge >= 0.3 is 0 Å². The zero-order valence-corrected chi connectivity index (χ0v) is 11.2. The van der Waals surface area contributed by atoms with Gasteiger partial charge in [0.15, 0.2) is 0 Å². The van der Waals surface area contributed by atoms with Crippen LogP contribution in [0.15, 0.2) is 18.2 Å². The van der Waals surface area contributed by atoms with Gasteiger partial charge in [-0.1, -0.05) is 30.7 Å². The molecule has 1 rings (SSSR count). The fourth-order valence-corrected chi connectivity index (χ4v) is 2.12. The summed E-state index contributed by atoms with van der Waals surface area (Å²) >= 11 is 0. The lowest BCUT2D eigenvalue weighted by Crippen LogP contribution is -2.32. The molecule has 2 heteroatoms. The monoisotopic (exact) mass is 220 g/mol. The first kappa shape index (κ1) is 13.2. The highest BCUT2D eigenvalue weighted by atomic mass is 15.1. The Kier molecular flexibility index (Phi) is 4.97. The molecule has 0 bridgehead atoms. The van der Waals surface area contributed by atoms with Crippen molar-refractivity contribution in [3.05, 3.63) is 34.9 Å². The van der Waals surface area contributed by atoms with Crippen LogP contribution in [0.5, 0.6) is 0 Å². The summed E-state index contributed by atoms with van der Waals surface area (Å²) in [4.78, 5) is 2.38. The molecule has 0 saturated heterocycles. The summed E-state index contributed by atoms with van der Waals surface area (Å²) in [5, 5.41) is 3.28. The topological polar surface area (TPSA) is 15.3 Å². The maximum absolute atomic E-state index is 3.28. The number of hydrogen-bond donors (Lipinski definition) is 1. The number of benzene rings is 1. The van der Waals surface area contributed by atoms with Gasteiger partial charge in [-0.25, -0.2) is 0 Å². The zero-order valence-electron chi connectivity index (χ0n) is 11.2. The molecule has 16 heavy (non-hydrogen) atoms. The Bertz CT molecular complexity index is 334. The van der Waals surface area contributed by atoms with Crippen LogP contribution >= 0.6 is 0 Å². The Morgan fingerprint density at radius 3 is 2.50 bits per heavy atom. The molecule has 1 aromatic rings. The maximum atomic E-state index is 3.28. The third-order valence-electron chi connectivity index (χ3n) is 3.21. The minimum atomic E-state index is 0.468. The van der Waals surface area contributed by atoms with Crippen LogP contribution in [-0.4, -0.2) is 32.1 Å². The van der Waals surface area contributed by atoms with Gasteiger partial charge in [-0.3, -0.25) is 4.90 Å². The summed E-state index contributed by atoms with van der Waals surface area (Å²) in [6.07, 6.45) is 0. The summed E-state index contributed by atoms with van der Waals surface area (Å²) in [6, 6.07) is 7.20. The van der Waals surface area contributed by atoms with Crippen molar-refractivity contribution in [3.63, 3.8) is 0 Å². The van der Waals surface area contributed by atoms with Gasteiger partial charge in [0.25, 0.3) is 0 Å². The van der Waals surface area contributed by atoms with Gasteiger partial charge in [0, 0.05) is 12.6 Å². The standard InChI is InChI=1S/C14H24N2/c1-6-16(5)14(10-15-4)13-8-7-11(2)9-12(13)3/h7-9,14-15H,6,10H2,1-5H3. The van der Waals surface area contributed by atoms with E-state index < -0.39 is 0 Å². The van der Waals surface area contributed by atoms with E-state index in [0.29, 0.717) is 6.04 Å². The minimum absolute atomic E-state index is 0.468. The lowest BCUT2D eigenvalue weighted by molar-refractivity contribution is 0.253. The number of hydrogen-bond acceptors (Lipinski definition) is 2. The Hall–Kier alpha value is -0.860. The smallest absolute Gasteiger partial charge is 0.0472 e. The Labute approximate surface area is 99.7 Å². The summed E-state index contributed by atoms with van der Waals surface area (Å²) < 4.78 is 0. The number of likely N-dealkylation sites (N-methyl/N-ethyl adjacent to an activating group) is 2. The van der Waals surface area contributed by atoms with E-state index in [1.165, 1.54) is 16.7 Å². The van der Waals surface area contributed by atoms with Crippen LogP contribution < -0.4 is 5.32 Å². The molecule has 0 aliphatic rings. The van der Waals surface area contributed by atoms with Crippen molar-refractivity contribution >= 4 is 0 Å². The quantitative estimate of drug-likeness (QED) is 0.820. The van der Waals surface area contributed by atoms with Crippen LogP contribution in [0, 0.1) is 13.8 Å². The van der Waals surface area contributed by atoms with E-state index in [2.05, 4.69) is 56.2 Å². The predicted molar refractivity (Wildman–Crippen MR) is 70.9 cm³/mol. The zero-order chi connectivity index (χ0) is 12.1. The molecule has 0 saturated carbocycles. The lowest BCUT2D eigenvalue weighted by Gasteiger charge is -2.28. The number of nitrogens with one attached hydrogen (secondary N) is 1. The summed E-state index contributed by atoms with van der Waals surface area (Å²) in [5.41, 5.74) is 4.16. The summed E-state index contributed by atoms with van der Waals surface area (Å²) in [7, 11) is 4.20. The van der Waals surface area contributed by atoms with E-state index in [1.54, 1.807) is 0 Å². The fourth-order valence-electron chi connectivity index (χ4n) is 2.12. The molecule has 0 radical (unpaired) electrons. The highest BCUT2D eigenvalue weighted by molar-refractivity contribution is 5.33. The molecule has 0 fully saturated rings. The van der Waals surface area contributed by atoms with Crippen molar-refractivity contribution in [2.24, 2.45) is 0 Å². The van der Waals surface area contributed by atoms with Gasteiger partial charge in [-0.05, 0) is 45.6 Å². The molecular formula is C14H24N2. The van der Waals surface area contributed by atoms with E-state index in [4.69, 9.17) is 0 Å². The van der Waals surface area contributed by atoms with E-state index in [0.717, 1.165) is 13.1 Å². The minimum Gasteiger partial charge on any atom is -0.318 e. The van der Waals surface area contributed by atoms with E-state index in [9.17, 15) is 0 Å². The van der Waals surface area contributed by atoms with Gasteiger partial charge in [0.2, 0.25) is 0 Å². The third-order valence-corrected chi connectivity index (χ3v) is 3.21. The van der Waals surface area contributed by atoms with Crippen LogP contribution in [0.3, 0.4) is 0 Å². The maximum Gasteiger partial charge on any atom is 0.0472 e. The first-order valence-corrected chi connectivity index (χ1v) is 6.02. The first-order valence-electron chi connectivity index (χ1n) is 6.02. The molecule has 0 heterocycles. The third kappa shape index (κ3) is 3.06. The molecule has 0 aliphatic carbocycles. The number of rotatable bonds is 5. The average molecular weight is 220 g/mol. The average Bonchev–Trinajstić information content (AvgIpc) is 2.26. The van der Waals surface area contributed by atoms with E-state index in [-0.39, 0.29) is 0 Å². The van der Waals surface area contributed by atoms with Gasteiger partial charge in [-0.2, -0.15) is 0 Å². The van der Waals surface area contributed by atoms with Crippen molar-refractivity contribution in [2.45, 2.75) is 26.8 Å². The van der Waals surface area contributed by atoms with Crippen molar-refractivity contribution in [1.29, 1.82) is 0 Å².